The second kappa shape index (κ2) is 11.3. The third kappa shape index (κ3) is 5.57. The van der Waals surface area contributed by atoms with Gasteiger partial charge in [0, 0.05) is 11.5 Å². The Kier molecular flexibility index (Phi) is 8.15. The number of aromatic nitrogens is 7. The Hall–Kier alpha value is -2.53. The van der Waals surface area contributed by atoms with E-state index >= 15 is 0 Å². The molecule has 1 aromatic carbocycles. The number of aliphatic hydroxyl groups is 4. The summed E-state index contributed by atoms with van der Waals surface area (Å²) in [6.45, 7) is -0.786. The molecule has 34 heavy (non-hydrogen) atoms. The number of halogens is 1. The highest BCUT2D eigenvalue weighted by Gasteiger charge is 2.28. The quantitative estimate of drug-likeness (QED) is 0.201. The van der Waals surface area contributed by atoms with E-state index in [0.717, 1.165) is 23.5 Å². The van der Waals surface area contributed by atoms with Crippen LogP contribution in [0.15, 0.2) is 43.5 Å². The maximum atomic E-state index is 9.56. The van der Waals surface area contributed by atoms with E-state index in [4.69, 9.17) is 30.6 Å². The van der Waals surface area contributed by atoms with E-state index in [9.17, 15) is 10.2 Å². The molecule has 0 amide bonds. The van der Waals surface area contributed by atoms with Crippen molar-refractivity contribution in [1.82, 2.24) is 35.4 Å². The third-order valence-corrected chi connectivity index (χ3v) is 6.44. The summed E-state index contributed by atoms with van der Waals surface area (Å²) < 4.78 is 12.8. The Morgan fingerprint density at radius 2 is 1.44 bits per heavy atom. The fraction of sp³-hybridized carbons (Fsp3) is 0.333. The monoisotopic (exact) mass is 527 g/mol. The van der Waals surface area contributed by atoms with E-state index in [2.05, 4.69) is 30.7 Å². The molecule has 3 aromatic heterocycles. The van der Waals surface area contributed by atoms with Crippen molar-refractivity contribution in [3.63, 3.8) is 0 Å². The van der Waals surface area contributed by atoms with Gasteiger partial charge in [-0.25, -0.2) is 4.68 Å². The first kappa shape index (κ1) is 24.6. The topological polar surface area (TPSA) is 189 Å². The molecule has 0 aliphatic carbocycles. The van der Waals surface area contributed by atoms with Crippen LogP contribution in [0.3, 0.4) is 0 Å². The molecular formula is C18H18ClN7O6S2. The van der Waals surface area contributed by atoms with Gasteiger partial charge in [-0.2, -0.15) is 0 Å². The van der Waals surface area contributed by atoms with E-state index in [0.29, 0.717) is 10.7 Å². The predicted molar refractivity (Wildman–Crippen MR) is 121 cm³/mol. The fourth-order valence-electron chi connectivity index (χ4n) is 2.58. The molecule has 0 saturated carbocycles. The number of benzene rings is 1. The highest BCUT2D eigenvalue weighted by atomic mass is 35.5. The smallest absolute Gasteiger partial charge is 0.277 e. The van der Waals surface area contributed by atoms with Gasteiger partial charge < -0.3 is 29.3 Å². The highest BCUT2D eigenvalue weighted by Crippen LogP contribution is 2.34. The van der Waals surface area contributed by atoms with Crippen LogP contribution in [0.25, 0.3) is 28.9 Å². The van der Waals surface area contributed by atoms with Crippen LogP contribution in [0.2, 0.25) is 5.02 Å². The third-order valence-electron chi connectivity index (χ3n) is 4.19. The summed E-state index contributed by atoms with van der Waals surface area (Å²) in [6.07, 6.45) is -1.87. The molecule has 3 heterocycles. The van der Waals surface area contributed by atoms with E-state index in [1.54, 1.807) is 24.3 Å². The molecule has 0 radical (unpaired) electrons. The van der Waals surface area contributed by atoms with Gasteiger partial charge in [-0.1, -0.05) is 52.5 Å². The summed E-state index contributed by atoms with van der Waals surface area (Å²) in [6, 6.07) is 6.94. The summed E-state index contributed by atoms with van der Waals surface area (Å²) in [7, 11) is 0. The average molecular weight is 528 g/mol. The molecule has 0 fully saturated rings. The summed E-state index contributed by atoms with van der Waals surface area (Å²) >= 11 is 8.49. The minimum atomic E-state index is -0.940. The summed E-state index contributed by atoms with van der Waals surface area (Å²) in [4.78, 5) is 0. The molecule has 0 bridgehead atoms. The zero-order valence-electron chi connectivity index (χ0n) is 17.2. The molecule has 2 atom stereocenters. The van der Waals surface area contributed by atoms with Crippen molar-refractivity contribution < 1.29 is 29.3 Å². The van der Waals surface area contributed by atoms with Crippen LogP contribution < -0.4 is 0 Å². The lowest BCUT2D eigenvalue weighted by Gasteiger charge is -2.06. The van der Waals surface area contributed by atoms with Gasteiger partial charge >= 0.3 is 0 Å². The number of thioether (sulfide) groups is 2. The number of nitrogens with zero attached hydrogens (tertiary/aromatic N) is 7. The van der Waals surface area contributed by atoms with Crippen LogP contribution in [0.1, 0.15) is 0 Å². The molecule has 2 unspecified atom stereocenters. The second-order valence-electron chi connectivity index (χ2n) is 6.69. The summed E-state index contributed by atoms with van der Waals surface area (Å²) in [5.74, 6) is 0.347. The molecule has 4 N–H and O–H groups in total. The zero-order valence-corrected chi connectivity index (χ0v) is 19.6. The summed E-state index contributed by atoms with van der Waals surface area (Å²) in [5, 5.41) is 62.0. The Morgan fingerprint density at radius 1 is 0.853 bits per heavy atom. The maximum Gasteiger partial charge on any atom is 0.277 e. The number of hydrogen-bond donors (Lipinski definition) is 4. The second-order valence-corrected chi connectivity index (χ2v) is 9.04. The van der Waals surface area contributed by atoms with Crippen molar-refractivity contribution in [2.45, 2.75) is 22.7 Å². The Labute approximate surface area is 205 Å². The Morgan fingerprint density at radius 3 is 2.06 bits per heavy atom. The molecule has 4 rings (SSSR count). The minimum Gasteiger partial charge on any atom is -0.410 e. The van der Waals surface area contributed by atoms with Crippen LogP contribution in [0, 0.1) is 0 Å². The molecule has 0 aliphatic rings. The molecule has 0 aliphatic heterocycles. The molecule has 180 valence electrons. The van der Waals surface area contributed by atoms with Gasteiger partial charge in [-0.3, -0.25) is 0 Å². The van der Waals surface area contributed by atoms with Crippen LogP contribution in [-0.2, 0) is 0 Å². The van der Waals surface area contributed by atoms with Crippen molar-refractivity contribution in [2.24, 2.45) is 0 Å². The molecule has 13 nitrogen and oxygen atoms in total. The molecule has 0 saturated heterocycles. The molecule has 0 spiro atoms. The Bertz CT molecular complexity index is 1240. The summed E-state index contributed by atoms with van der Waals surface area (Å²) in [5.41, 5.74) is 0.879. The first-order chi connectivity index (χ1) is 16.5. The Balaban J connectivity index is 1.71. The highest BCUT2D eigenvalue weighted by molar-refractivity contribution is 7.99. The van der Waals surface area contributed by atoms with Crippen molar-refractivity contribution in [2.75, 3.05) is 24.7 Å². The van der Waals surface area contributed by atoms with Crippen molar-refractivity contribution in [3.05, 3.63) is 29.3 Å². The van der Waals surface area contributed by atoms with Gasteiger partial charge in [0.1, 0.15) is 0 Å². The number of aliphatic hydroxyl groups excluding tert-OH is 4. The van der Waals surface area contributed by atoms with Crippen LogP contribution in [0.4, 0.5) is 0 Å². The van der Waals surface area contributed by atoms with Gasteiger partial charge in [0.25, 0.3) is 22.2 Å². The zero-order chi connectivity index (χ0) is 24.1. The first-order valence-electron chi connectivity index (χ1n) is 9.72. The molecule has 16 heteroatoms. The molecule has 4 aromatic rings. The van der Waals surface area contributed by atoms with Crippen molar-refractivity contribution in [1.29, 1.82) is 0 Å². The van der Waals surface area contributed by atoms with Crippen LogP contribution in [0.5, 0.6) is 0 Å². The standard InChI is InChI=1S/C18H18ClN7O6S2/c19-11-3-1-2-4-12(11)26-14(16-22-24-18(32-16)34-8-10(30)6-28)13(20-25-26)15-21-23-17(31-15)33-7-9(29)5-27/h1-4,9-10,27-30H,5-8H2. The lowest BCUT2D eigenvalue weighted by molar-refractivity contribution is 0.113. The van der Waals surface area contributed by atoms with Gasteiger partial charge in [-0.15, -0.1) is 25.5 Å². The molecular weight excluding hydrogens is 510 g/mol. The largest absolute Gasteiger partial charge is 0.410 e. The lowest BCUT2D eigenvalue weighted by atomic mass is 10.2. The maximum absolute atomic E-state index is 9.56. The van der Waals surface area contributed by atoms with Crippen molar-refractivity contribution >= 4 is 35.1 Å². The predicted octanol–water partition coefficient (Wildman–Crippen LogP) is 0.911. The minimum absolute atomic E-state index is 0.0115. The number of rotatable bonds is 11. The number of hydrogen-bond acceptors (Lipinski definition) is 14. The lowest BCUT2D eigenvalue weighted by Crippen LogP contribution is -2.14. The van der Waals surface area contributed by atoms with Gasteiger partial charge in [0.05, 0.1) is 36.1 Å². The first-order valence-corrected chi connectivity index (χ1v) is 12.1. The van der Waals surface area contributed by atoms with E-state index < -0.39 is 25.4 Å². The van der Waals surface area contributed by atoms with Crippen LogP contribution in [-0.4, -0.2) is 92.7 Å². The normalized spacial score (nSPS) is 13.3. The van der Waals surface area contributed by atoms with Gasteiger partial charge in [0.2, 0.25) is 0 Å². The van der Waals surface area contributed by atoms with E-state index in [-0.39, 0.29) is 45.1 Å². The van der Waals surface area contributed by atoms with E-state index in [1.807, 2.05) is 0 Å². The van der Waals surface area contributed by atoms with Gasteiger partial charge in [-0.05, 0) is 12.1 Å². The van der Waals surface area contributed by atoms with Crippen LogP contribution >= 0.6 is 35.1 Å². The van der Waals surface area contributed by atoms with Crippen molar-refractivity contribution in [3.8, 4) is 28.9 Å². The SMILES string of the molecule is OCC(O)CSc1nnc(-c2nnn(-c3ccccc3Cl)c2-c2nnc(SCC(O)CO)o2)o1. The van der Waals surface area contributed by atoms with Gasteiger partial charge in [0.15, 0.2) is 11.4 Å². The number of para-hydroxylation sites is 1. The average Bonchev–Trinajstić information content (AvgIpc) is 3.60. The van der Waals surface area contributed by atoms with E-state index in [1.165, 1.54) is 4.68 Å². The fourth-order valence-corrected chi connectivity index (χ4v) is 4.15.